The maximum atomic E-state index is 12.5. The lowest BCUT2D eigenvalue weighted by Gasteiger charge is -2.35. The van der Waals surface area contributed by atoms with E-state index in [0.717, 1.165) is 44.0 Å². The summed E-state index contributed by atoms with van der Waals surface area (Å²) in [5.74, 6) is 1.76. The Morgan fingerprint density at radius 2 is 1.72 bits per heavy atom. The monoisotopic (exact) mass is 347 g/mol. The molecule has 0 N–H and O–H groups in total. The van der Waals surface area contributed by atoms with Gasteiger partial charge in [-0.25, -0.2) is 0 Å². The average Bonchev–Trinajstić information content (AvgIpc) is 2.58. The molecule has 5 nitrogen and oxygen atoms in total. The van der Waals surface area contributed by atoms with E-state index in [0.29, 0.717) is 25.6 Å². The zero-order valence-corrected chi connectivity index (χ0v) is 16.2. The van der Waals surface area contributed by atoms with Crippen molar-refractivity contribution in [2.45, 2.75) is 27.3 Å². The smallest absolute Gasteiger partial charge is 0.236 e. The lowest BCUT2D eigenvalue weighted by Crippen LogP contribution is -2.50. The van der Waals surface area contributed by atoms with Crippen LogP contribution >= 0.6 is 0 Å². The summed E-state index contributed by atoms with van der Waals surface area (Å²) in [6, 6.07) is 7.98. The van der Waals surface area contributed by atoms with Crippen LogP contribution in [0.5, 0.6) is 5.75 Å². The molecule has 0 radical (unpaired) electrons. The van der Waals surface area contributed by atoms with E-state index in [2.05, 4.69) is 23.6 Å². The van der Waals surface area contributed by atoms with Gasteiger partial charge in [0.25, 0.3) is 0 Å². The maximum absolute atomic E-state index is 12.5. The van der Waals surface area contributed by atoms with Crippen LogP contribution in [0.1, 0.15) is 26.3 Å². The molecule has 25 heavy (non-hydrogen) atoms. The number of rotatable bonds is 8. The minimum absolute atomic E-state index is 0.186. The average molecular weight is 348 g/mol. The van der Waals surface area contributed by atoms with Gasteiger partial charge in [-0.15, -0.1) is 0 Å². The Morgan fingerprint density at radius 3 is 2.28 bits per heavy atom. The number of ether oxygens (including phenoxy) is 1. The minimum atomic E-state index is 0.186. The Kier molecular flexibility index (Phi) is 7.72. The molecule has 0 aromatic heterocycles. The van der Waals surface area contributed by atoms with E-state index in [1.165, 1.54) is 0 Å². The predicted molar refractivity (Wildman–Crippen MR) is 102 cm³/mol. The molecule has 140 valence electrons. The summed E-state index contributed by atoms with van der Waals surface area (Å²) in [6.45, 7) is 13.6. The van der Waals surface area contributed by atoms with Crippen LogP contribution in [-0.2, 0) is 11.3 Å². The number of piperazine rings is 1. The van der Waals surface area contributed by atoms with E-state index in [1.54, 1.807) is 0 Å². The second kappa shape index (κ2) is 9.78. The Labute approximate surface area is 152 Å². The van der Waals surface area contributed by atoms with E-state index < -0.39 is 0 Å². The first-order valence-electron chi connectivity index (χ1n) is 9.38. The van der Waals surface area contributed by atoms with Crippen molar-refractivity contribution in [3.8, 4) is 5.75 Å². The van der Waals surface area contributed by atoms with Crippen LogP contribution in [0, 0.1) is 5.92 Å². The van der Waals surface area contributed by atoms with Crippen molar-refractivity contribution >= 4 is 5.91 Å². The van der Waals surface area contributed by atoms with Crippen molar-refractivity contribution < 1.29 is 9.53 Å². The third-order valence-electron chi connectivity index (χ3n) is 4.53. The van der Waals surface area contributed by atoms with Gasteiger partial charge < -0.3 is 14.5 Å². The highest BCUT2D eigenvalue weighted by Gasteiger charge is 2.20. The van der Waals surface area contributed by atoms with E-state index in [4.69, 9.17) is 4.74 Å². The fraction of sp³-hybridized carbons (Fsp3) is 0.650. The van der Waals surface area contributed by atoms with Gasteiger partial charge in [-0.1, -0.05) is 26.0 Å². The summed E-state index contributed by atoms with van der Waals surface area (Å²) in [7, 11) is 1.88. The molecule has 5 heteroatoms. The van der Waals surface area contributed by atoms with Crippen LogP contribution in [0.2, 0.25) is 0 Å². The van der Waals surface area contributed by atoms with Crippen molar-refractivity contribution in [1.82, 2.24) is 14.7 Å². The highest BCUT2D eigenvalue weighted by Crippen LogP contribution is 2.13. The van der Waals surface area contributed by atoms with Crippen LogP contribution in [0.3, 0.4) is 0 Å². The fourth-order valence-electron chi connectivity index (χ4n) is 3.18. The van der Waals surface area contributed by atoms with Gasteiger partial charge in [-0.05, 0) is 30.5 Å². The van der Waals surface area contributed by atoms with E-state index in [9.17, 15) is 4.79 Å². The second-order valence-corrected chi connectivity index (χ2v) is 7.30. The summed E-state index contributed by atoms with van der Waals surface area (Å²) < 4.78 is 5.46. The number of amides is 1. The van der Waals surface area contributed by atoms with Gasteiger partial charge in [0.2, 0.25) is 5.91 Å². The standard InChI is InChI=1S/C20H33N3O2/c1-5-25-19-8-6-18(7-9-19)15-21(4)20(24)16-23-12-10-22(11-13-23)14-17(2)3/h6-9,17H,5,10-16H2,1-4H3. The molecule has 0 unspecified atom stereocenters. The molecule has 1 heterocycles. The Bertz CT molecular complexity index is 522. The molecule has 0 aliphatic carbocycles. The molecule has 0 spiro atoms. The van der Waals surface area contributed by atoms with Crippen LogP contribution in [0.25, 0.3) is 0 Å². The third-order valence-corrected chi connectivity index (χ3v) is 4.53. The van der Waals surface area contributed by atoms with Gasteiger partial charge in [-0.2, -0.15) is 0 Å². The Balaban J connectivity index is 1.75. The van der Waals surface area contributed by atoms with E-state index >= 15 is 0 Å². The largest absolute Gasteiger partial charge is 0.494 e. The van der Waals surface area contributed by atoms with Crippen molar-refractivity contribution in [1.29, 1.82) is 0 Å². The maximum Gasteiger partial charge on any atom is 0.236 e. The lowest BCUT2D eigenvalue weighted by atomic mass is 10.2. The summed E-state index contributed by atoms with van der Waals surface area (Å²) in [5, 5.41) is 0. The van der Waals surface area contributed by atoms with E-state index in [1.807, 2.05) is 43.1 Å². The molecule has 0 atom stereocenters. The fourth-order valence-corrected chi connectivity index (χ4v) is 3.18. The molecule has 2 rings (SSSR count). The molecule has 1 aromatic rings. The van der Waals surface area contributed by atoms with Crippen LogP contribution in [0.15, 0.2) is 24.3 Å². The molecule has 0 saturated carbocycles. The van der Waals surface area contributed by atoms with Crippen LogP contribution in [-0.4, -0.2) is 73.5 Å². The highest BCUT2D eigenvalue weighted by molar-refractivity contribution is 5.78. The van der Waals surface area contributed by atoms with Crippen LogP contribution < -0.4 is 4.74 Å². The highest BCUT2D eigenvalue weighted by atomic mass is 16.5. The first kappa shape index (κ1) is 19.7. The first-order valence-corrected chi connectivity index (χ1v) is 9.38. The van der Waals surface area contributed by atoms with Gasteiger partial charge in [0.15, 0.2) is 0 Å². The number of hydrogen-bond donors (Lipinski definition) is 0. The molecule has 1 fully saturated rings. The van der Waals surface area contributed by atoms with Crippen LogP contribution in [0.4, 0.5) is 0 Å². The number of carbonyl (C=O) groups excluding carboxylic acids is 1. The van der Waals surface area contributed by atoms with Gasteiger partial charge in [0, 0.05) is 46.3 Å². The molecular weight excluding hydrogens is 314 g/mol. The van der Waals surface area contributed by atoms with E-state index in [-0.39, 0.29) is 5.91 Å². The molecule has 0 bridgehead atoms. The van der Waals surface area contributed by atoms with Crippen molar-refractivity contribution in [2.75, 3.05) is 52.9 Å². The molecular formula is C20H33N3O2. The number of benzene rings is 1. The first-order chi connectivity index (χ1) is 12.0. The number of hydrogen-bond acceptors (Lipinski definition) is 4. The summed E-state index contributed by atoms with van der Waals surface area (Å²) in [6.07, 6.45) is 0. The van der Waals surface area contributed by atoms with Gasteiger partial charge >= 0.3 is 0 Å². The zero-order chi connectivity index (χ0) is 18.2. The number of carbonyl (C=O) groups is 1. The number of likely N-dealkylation sites (N-methyl/N-ethyl adjacent to an activating group) is 1. The zero-order valence-electron chi connectivity index (χ0n) is 16.2. The Hall–Kier alpha value is -1.59. The van der Waals surface area contributed by atoms with Gasteiger partial charge in [0.05, 0.1) is 13.2 Å². The third kappa shape index (κ3) is 6.67. The second-order valence-electron chi connectivity index (χ2n) is 7.30. The minimum Gasteiger partial charge on any atom is -0.494 e. The van der Waals surface area contributed by atoms with Gasteiger partial charge in [-0.3, -0.25) is 9.69 Å². The summed E-state index contributed by atoms with van der Waals surface area (Å²) in [4.78, 5) is 19.1. The Morgan fingerprint density at radius 1 is 1.12 bits per heavy atom. The molecule has 1 saturated heterocycles. The van der Waals surface area contributed by atoms with Crippen molar-refractivity contribution in [3.63, 3.8) is 0 Å². The molecule has 1 aliphatic rings. The molecule has 1 aromatic carbocycles. The summed E-state index contributed by atoms with van der Waals surface area (Å²) in [5.41, 5.74) is 1.13. The van der Waals surface area contributed by atoms with Gasteiger partial charge in [0.1, 0.15) is 5.75 Å². The van der Waals surface area contributed by atoms with Crippen molar-refractivity contribution in [2.24, 2.45) is 5.92 Å². The lowest BCUT2D eigenvalue weighted by molar-refractivity contribution is -0.132. The quantitative estimate of drug-likeness (QED) is 0.723. The topological polar surface area (TPSA) is 36.0 Å². The molecule has 1 amide bonds. The summed E-state index contributed by atoms with van der Waals surface area (Å²) >= 11 is 0. The number of nitrogens with zero attached hydrogens (tertiary/aromatic N) is 3. The normalized spacial score (nSPS) is 16.2. The SMILES string of the molecule is CCOc1ccc(CN(C)C(=O)CN2CCN(CC(C)C)CC2)cc1. The van der Waals surface area contributed by atoms with Crippen molar-refractivity contribution in [3.05, 3.63) is 29.8 Å². The predicted octanol–water partition coefficient (Wildman–Crippen LogP) is 2.32. The molecule has 1 aliphatic heterocycles.